The molecule has 180 valence electrons. The van der Waals surface area contributed by atoms with Gasteiger partial charge in [-0.15, -0.1) is 0 Å². The first-order valence-electron chi connectivity index (χ1n) is 10.9. The number of nitrogen functional groups attached to an aromatic ring is 1. The molecular weight excluding hydrogens is 454 g/mol. The van der Waals surface area contributed by atoms with Crippen LogP contribution in [0.5, 0.6) is 11.5 Å². The standard InChI is InChI=1S/C23H23N7O5/c1-33-17-12-15-16(13-18(17)34-2)25-23(26-21(15)24)29-10-8-28(9-11-29)22(31)19-20(30(32)35-27-19)14-6-4-3-5-7-14/h3-7,12-13H,8-11H2,1-2H3,(H2,24,25,26). The molecule has 0 bridgehead atoms. The van der Waals surface area contributed by atoms with Crippen molar-refractivity contribution in [3.05, 3.63) is 53.4 Å². The fraction of sp³-hybridized carbons (Fsp3) is 0.261. The molecule has 1 amide bonds. The molecule has 12 nitrogen and oxygen atoms in total. The Morgan fingerprint density at radius 1 is 1.06 bits per heavy atom. The monoisotopic (exact) mass is 477 g/mol. The number of nitrogens with two attached hydrogens (primary N) is 1. The summed E-state index contributed by atoms with van der Waals surface area (Å²) in [6.07, 6.45) is 0. The number of benzene rings is 2. The zero-order valence-corrected chi connectivity index (χ0v) is 19.2. The second-order valence-electron chi connectivity index (χ2n) is 7.91. The number of methoxy groups -OCH3 is 2. The predicted octanol–water partition coefficient (Wildman–Crippen LogP) is 1.48. The van der Waals surface area contributed by atoms with E-state index in [9.17, 15) is 10.0 Å². The molecule has 3 heterocycles. The first-order valence-corrected chi connectivity index (χ1v) is 10.9. The highest BCUT2D eigenvalue weighted by molar-refractivity contribution is 5.97. The Labute approximate surface area is 200 Å². The van der Waals surface area contributed by atoms with Gasteiger partial charge in [0.15, 0.2) is 11.5 Å². The Morgan fingerprint density at radius 3 is 2.43 bits per heavy atom. The number of hydrogen-bond donors (Lipinski definition) is 1. The lowest BCUT2D eigenvalue weighted by Gasteiger charge is -2.34. The fourth-order valence-electron chi connectivity index (χ4n) is 4.09. The number of rotatable bonds is 5. The van der Waals surface area contributed by atoms with Gasteiger partial charge >= 0.3 is 11.6 Å². The maximum Gasteiger partial charge on any atom is 0.313 e. The summed E-state index contributed by atoms with van der Waals surface area (Å²) >= 11 is 0. The molecule has 2 aromatic heterocycles. The number of carbonyl (C=O) groups is 1. The van der Waals surface area contributed by atoms with Crippen molar-refractivity contribution in [1.82, 2.24) is 20.0 Å². The molecular formula is C23H23N7O5. The molecule has 2 aromatic carbocycles. The minimum absolute atomic E-state index is 0.0214. The molecule has 5 rings (SSSR count). The number of piperazine rings is 1. The number of aromatic nitrogens is 4. The van der Waals surface area contributed by atoms with Gasteiger partial charge in [0.05, 0.1) is 24.9 Å². The van der Waals surface area contributed by atoms with Crippen LogP contribution in [0.1, 0.15) is 10.5 Å². The van der Waals surface area contributed by atoms with Crippen LogP contribution in [0.2, 0.25) is 0 Å². The highest BCUT2D eigenvalue weighted by atomic mass is 16.8. The fourth-order valence-corrected chi connectivity index (χ4v) is 4.09. The van der Waals surface area contributed by atoms with Crippen LogP contribution in [0.3, 0.4) is 0 Å². The van der Waals surface area contributed by atoms with Crippen molar-refractivity contribution < 1.29 is 23.8 Å². The second kappa shape index (κ2) is 8.97. The Bertz CT molecular complexity index is 1380. The van der Waals surface area contributed by atoms with Crippen LogP contribution < -0.4 is 25.0 Å². The minimum atomic E-state index is -0.377. The molecule has 1 fully saturated rings. The van der Waals surface area contributed by atoms with Crippen LogP contribution in [0.4, 0.5) is 11.8 Å². The van der Waals surface area contributed by atoms with E-state index < -0.39 is 0 Å². The van der Waals surface area contributed by atoms with Crippen molar-refractivity contribution in [3.8, 4) is 22.8 Å². The topological polar surface area (TPSA) is 147 Å². The molecule has 12 heteroatoms. The number of amides is 1. The molecule has 0 atom stereocenters. The summed E-state index contributed by atoms with van der Waals surface area (Å²) < 4.78 is 15.5. The average molecular weight is 477 g/mol. The number of fused-ring (bicyclic) bond motifs is 1. The Kier molecular flexibility index (Phi) is 5.69. The van der Waals surface area contributed by atoms with E-state index in [1.807, 2.05) is 11.0 Å². The SMILES string of the molecule is COc1cc2nc(N3CCN(C(=O)c4no[n+]([O-])c4-c4ccccc4)CC3)nc(N)c2cc1OC. The molecule has 0 unspecified atom stereocenters. The van der Waals surface area contributed by atoms with Crippen molar-refractivity contribution in [2.75, 3.05) is 51.0 Å². The lowest BCUT2D eigenvalue weighted by Crippen LogP contribution is -2.49. The first-order chi connectivity index (χ1) is 17.0. The van der Waals surface area contributed by atoms with Gasteiger partial charge in [0.2, 0.25) is 11.6 Å². The molecule has 35 heavy (non-hydrogen) atoms. The van der Waals surface area contributed by atoms with Crippen molar-refractivity contribution >= 4 is 28.6 Å². The molecule has 1 aliphatic heterocycles. The van der Waals surface area contributed by atoms with E-state index in [1.54, 1.807) is 55.5 Å². The van der Waals surface area contributed by atoms with Crippen molar-refractivity contribution in [2.24, 2.45) is 0 Å². The van der Waals surface area contributed by atoms with Gasteiger partial charge in [-0.05, 0) is 11.0 Å². The summed E-state index contributed by atoms with van der Waals surface area (Å²) in [5.74, 6) is 1.48. The van der Waals surface area contributed by atoms with E-state index in [4.69, 9.17) is 19.8 Å². The summed E-state index contributed by atoms with van der Waals surface area (Å²) in [4.78, 5) is 26.1. The van der Waals surface area contributed by atoms with Gasteiger partial charge < -0.3 is 30.2 Å². The van der Waals surface area contributed by atoms with Gasteiger partial charge in [-0.3, -0.25) is 9.42 Å². The lowest BCUT2D eigenvalue weighted by molar-refractivity contribution is -0.793. The predicted molar refractivity (Wildman–Crippen MR) is 126 cm³/mol. The summed E-state index contributed by atoms with van der Waals surface area (Å²) in [7, 11) is 3.10. The summed E-state index contributed by atoms with van der Waals surface area (Å²) in [5.41, 5.74) is 7.46. The molecule has 2 N–H and O–H groups in total. The summed E-state index contributed by atoms with van der Waals surface area (Å²) in [6.45, 7) is 1.71. The van der Waals surface area contributed by atoms with Gasteiger partial charge in [0.1, 0.15) is 5.82 Å². The maximum atomic E-state index is 13.2. The van der Waals surface area contributed by atoms with Crippen LogP contribution in [0, 0.1) is 5.21 Å². The zero-order valence-electron chi connectivity index (χ0n) is 19.2. The number of ether oxygens (including phenoxy) is 2. The normalized spacial score (nSPS) is 13.8. The van der Waals surface area contributed by atoms with E-state index in [0.717, 1.165) is 0 Å². The maximum absolute atomic E-state index is 13.2. The average Bonchev–Trinajstić information content (AvgIpc) is 3.29. The van der Waals surface area contributed by atoms with Crippen LogP contribution >= 0.6 is 0 Å². The molecule has 1 saturated heterocycles. The third-order valence-electron chi connectivity index (χ3n) is 5.93. The molecule has 0 spiro atoms. The van der Waals surface area contributed by atoms with Gasteiger partial charge in [-0.2, -0.15) is 4.98 Å². The lowest BCUT2D eigenvalue weighted by atomic mass is 10.1. The summed E-state index contributed by atoms with van der Waals surface area (Å²) in [5, 5.41) is 16.5. The Balaban J connectivity index is 1.35. The highest BCUT2D eigenvalue weighted by Gasteiger charge is 2.33. The largest absolute Gasteiger partial charge is 0.493 e. The van der Waals surface area contributed by atoms with E-state index in [2.05, 4.69) is 15.1 Å². The second-order valence-corrected chi connectivity index (χ2v) is 7.91. The van der Waals surface area contributed by atoms with E-state index in [-0.39, 0.29) is 22.2 Å². The smallest absolute Gasteiger partial charge is 0.313 e. The molecule has 4 aromatic rings. The van der Waals surface area contributed by atoms with Gasteiger partial charge in [-0.25, -0.2) is 4.98 Å². The first kappa shape index (κ1) is 22.2. The Morgan fingerprint density at radius 2 is 1.74 bits per heavy atom. The van der Waals surface area contributed by atoms with Crippen molar-refractivity contribution in [2.45, 2.75) is 0 Å². The summed E-state index contributed by atoms with van der Waals surface area (Å²) in [6, 6.07) is 12.3. The molecule has 1 aliphatic rings. The van der Waals surface area contributed by atoms with E-state index in [1.165, 1.54) is 0 Å². The van der Waals surface area contributed by atoms with Gasteiger partial charge in [0, 0.05) is 43.2 Å². The van der Waals surface area contributed by atoms with Crippen LogP contribution in [0.25, 0.3) is 22.2 Å². The third-order valence-corrected chi connectivity index (χ3v) is 5.93. The molecule has 0 radical (unpaired) electrons. The van der Waals surface area contributed by atoms with Crippen LogP contribution in [-0.2, 0) is 0 Å². The van der Waals surface area contributed by atoms with Gasteiger partial charge in [-0.1, -0.05) is 30.3 Å². The number of hydrogen-bond acceptors (Lipinski definition) is 10. The number of carbonyl (C=O) groups excluding carboxylic acids is 1. The highest BCUT2D eigenvalue weighted by Crippen LogP contribution is 2.34. The number of nitrogens with zero attached hydrogens (tertiary/aromatic N) is 6. The van der Waals surface area contributed by atoms with Crippen LogP contribution in [0.15, 0.2) is 47.1 Å². The quantitative estimate of drug-likeness (QED) is 0.419. The van der Waals surface area contributed by atoms with E-state index >= 15 is 0 Å². The Hall–Kier alpha value is -4.61. The third kappa shape index (κ3) is 3.98. The van der Waals surface area contributed by atoms with Crippen molar-refractivity contribution in [3.63, 3.8) is 0 Å². The molecule has 0 saturated carbocycles. The zero-order chi connectivity index (χ0) is 24.5. The van der Waals surface area contributed by atoms with E-state index in [0.29, 0.717) is 65.9 Å². The van der Waals surface area contributed by atoms with Crippen LogP contribution in [-0.4, -0.2) is 66.3 Å². The molecule has 0 aliphatic carbocycles. The number of anilines is 2. The minimum Gasteiger partial charge on any atom is -0.493 e. The van der Waals surface area contributed by atoms with Crippen molar-refractivity contribution in [1.29, 1.82) is 0 Å². The van der Waals surface area contributed by atoms with Gasteiger partial charge in [0.25, 0.3) is 0 Å².